The van der Waals surface area contributed by atoms with Gasteiger partial charge in [-0.1, -0.05) is 0 Å². The Balaban J connectivity index is 2.82. The van der Waals surface area contributed by atoms with Gasteiger partial charge in [0, 0.05) is 17.4 Å². The van der Waals surface area contributed by atoms with Gasteiger partial charge in [-0.05, 0) is 29.1 Å². The van der Waals surface area contributed by atoms with Gasteiger partial charge < -0.3 is 10.4 Å². The number of anilines is 1. The number of nitro groups is 1. The van der Waals surface area contributed by atoms with E-state index in [0.717, 1.165) is 0 Å². The molecule has 0 aliphatic carbocycles. The molecule has 6 nitrogen and oxygen atoms in total. The topological polar surface area (TPSA) is 88.3 Å². The summed E-state index contributed by atoms with van der Waals surface area (Å²) in [7, 11) is 0. The Morgan fingerprint density at radius 3 is 2.83 bits per heavy atom. The lowest BCUT2D eigenvalue weighted by atomic mass is 10.2. The predicted molar refractivity (Wildman–Crippen MR) is 76.1 cm³/mol. The molecule has 0 amide bonds. The Morgan fingerprint density at radius 2 is 2.39 bits per heavy atom. The fourth-order valence-electron chi connectivity index (χ4n) is 1.38. The third-order valence-electron chi connectivity index (χ3n) is 2.44. The van der Waals surface area contributed by atoms with Crippen LogP contribution >= 0.6 is 27.7 Å². The molecule has 8 heteroatoms. The van der Waals surface area contributed by atoms with E-state index < -0.39 is 4.92 Å². The second kappa shape index (κ2) is 6.91. The van der Waals surface area contributed by atoms with Crippen molar-refractivity contribution in [3.8, 4) is 0 Å². The summed E-state index contributed by atoms with van der Waals surface area (Å²) in [5.74, 6) is 0.528. The lowest BCUT2D eigenvalue weighted by Crippen LogP contribution is -2.31. The van der Waals surface area contributed by atoms with Crippen molar-refractivity contribution in [2.24, 2.45) is 0 Å². The number of nitrogens with one attached hydrogen (secondary N) is 1. The maximum absolute atomic E-state index is 10.6. The molecule has 1 heterocycles. The van der Waals surface area contributed by atoms with E-state index in [1.807, 2.05) is 13.2 Å². The van der Waals surface area contributed by atoms with Crippen LogP contribution in [0.4, 0.5) is 11.5 Å². The molecule has 0 saturated carbocycles. The van der Waals surface area contributed by atoms with Crippen LogP contribution in [0.5, 0.6) is 0 Å². The minimum absolute atomic E-state index is 0.00439. The highest BCUT2D eigenvalue weighted by molar-refractivity contribution is 9.10. The number of aliphatic hydroxyl groups excluding tert-OH is 1. The number of pyridine rings is 1. The minimum atomic E-state index is -0.497. The van der Waals surface area contributed by atoms with Gasteiger partial charge in [-0.3, -0.25) is 10.1 Å². The molecule has 0 radical (unpaired) electrons. The van der Waals surface area contributed by atoms with Crippen LogP contribution in [-0.4, -0.2) is 39.2 Å². The van der Waals surface area contributed by atoms with Gasteiger partial charge in [-0.25, -0.2) is 4.98 Å². The highest BCUT2D eigenvalue weighted by Gasteiger charge is 2.17. The predicted octanol–water partition coefficient (Wildman–Crippen LogP) is 2.28. The maximum atomic E-state index is 10.6. The third-order valence-corrected chi connectivity index (χ3v) is 4.21. The molecular formula is C10H14BrN3O3S. The van der Waals surface area contributed by atoms with Crippen molar-refractivity contribution in [3.63, 3.8) is 0 Å². The Bertz CT molecular complexity index is 429. The number of nitrogens with zero attached hydrogens (tertiary/aromatic N) is 2. The van der Waals surface area contributed by atoms with Gasteiger partial charge in [0.1, 0.15) is 12.0 Å². The lowest BCUT2D eigenvalue weighted by molar-refractivity contribution is -0.385. The number of aliphatic hydroxyl groups is 1. The molecule has 100 valence electrons. The van der Waals surface area contributed by atoms with E-state index in [1.54, 1.807) is 11.8 Å². The Morgan fingerprint density at radius 1 is 1.72 bits per heavy atom. The van der Waals surface area contributed by atoms with Gasteiger partial charge in [-0.2, -0.15) is 11.8 Å². The summed E-state index contributed by atoms with van der Waals surface area (Å²) in [6.07, 6.45) is 3.12. The van der Waals surface area contributed by atoms with Crippen LogP contribution in [0.15, 0.2) is 16.7 Å². The maximum Gasteiger partial charge on any atom is 0.288 e. The Kier molecular flexibility index (Phi) is 5.83. The zero-order chi connectivity index (χ0) is 13.7. The molecule has 0 bridgehead atoms. The van der Waals surface area contributed by atoms with Crippen molar-refractivity contribution >= 4 is 39.2 Å². The van der Waals surface area contributed by atoms with Gasteiger partial charge in [0.2, 0.25) is 0 Å². The fraction of sp³-hybridized carbons (Fsp3) is 0.500. The highest BCUT2D eigenvalue weighted by Crippen LogP contribution is 2.26. The quantitative estimate of drug-likeness (QED) is 0.612. The van der Waals surface area contributed by atoms with Crippen LogP contribution in [0, 0.1) is 10.1 Å². The molecule has 1 rings (SSSR count). The smallest absolute Gasteiger partial charge is 0.288 e. The lowest BCUT2D eigenvalue weighted by Gasteiger charge is -2.22. The van der Waals surface area contributed by atoms with Gasteiger partial charge in [-0.15, -0.1) is 0 Å². The summed E-state index contributed by atoms with van der Waals surface area (Å²) in [6, 6.07) is 1.39. The van der Waals surface area contributed by atoms with Crippen molar-refractivity contribution in [1.29, 1.82) is 0 Å². The number of halogens is 1. The SMILES string of the molecule is CS[C@@H](CO)[C@@H](C)Nc1ncc([N+](=O)[O-])cc1Br. The second-order valence-electron chi connectivity index (χ2n) is 3.67. The van der Waals surface area contributed by atoms with Crippen LogP contribution in [0.1, 0.15) is 6.92 Å². The molecule has 0 aliphatic heterocycles. The first-order chi connectivity index (χ1) is 8.49. The van der Waals surface area contributed by atoms with Crippen molar-refractivity contribution in [3.05, 3.63) is 26.9 Å². The normalized spacial score (nSPS) is 14.0. The van der Waals surface area contributed by atoms with Crippen LogP contribution in [0.3, 0.4) is 0 Å². The average Bonchev–Trinajstić information content (AvgIpc) is 2.33. The molecule has 2 N–H and O–H groups in total. The standard InChI is InChI=1S/C10H14BrN3O3S/c1-6(9(5-15)18-2)13-10-8(11)3-7(4-12-10)14(16)17/h3-4,6,9,15H,5H2,1-2H3,(H,12,13)/t6-,9+/m1/s1. The second-order valence-corrected chi connectivity index (χ2v) is 5.60. The number of rotatable bonds is 6. The molecule has 1 aromatic rings. The van der Waals surface area contributed by atoms with Gasteiger partial charge in [0.25, 0.3) is 5.69 Å². The number of thioether (sulfide) groups is 1. The van der Waals surface area contributed by atoms with Gasteiger partial charge in [0.05, 0.1) is 16.0 Å². The van der Waals surface area contributed by atoms with Crippen molar-refractivity contribution in [1.82, 2.24) is 4.98 Å². The molecule has 0 aliphatic rings. The molecule has 0 fully saturated rings. The van der Waals surface area contributed by atoms with E-state index in [-0.39, 0.29) is 23.6 Å². The first-order valence-electron chi connectivity index (χ1n) is 5.19. The van der Waals surface area contributed by atoms with E-state index in [9.17, 15) is 15.2 Å². The van der Waals surface area contributed by atoms with E-state index in [0.29, 0.717) is 10.3 Å². The van der Waals surface area contributed by atoms with Crippen molar-refractivity contribution < 1.29 is 10.0 Å². The van der Waals surface area contributed by atoms with E-state index in [2.05, 4.69) is 26.2 Å². The van der Waals surface area contributed by atoms with Crippen LogP contribution in [0.2, 0.25) is 0 Å². The van der Waals surface area contributed by atoms with Crippen LogP contribution in [0.25, 0.3) is 0 Å². The monoisotopic (exact) mass is 335 g/mol. The first-order valence-corrected chi connectivity index (χ1v) is 7.27. The molecule has 0 saturated heterocycles. The summed E-state index contributed by atoms with van der Waals surface area (Å²) >= 11 is 4.79. The average molecular weight is 336 g/mol. The Hall–Kier alpha value is -0.860. The summed E-state index contributed by atoms with van der Waals surface area (Å²) < 4.78 is 0.529. The molecule has 18 heavy (non-hydrogen) atoms. The van der Waals surface area contributed by atoms with Crippen LogP contribution in [-0.2, 0) is 0 Å². The van der Waals surface area contributed by atoms with Crippen molar-refractivity contribution in [2.45, 2.75) is 18.2 Å². The fourth-order valence-corrected chi connectivity index (χ4v) is 2.46. The van der Waals surface area contributed by atoms with E-state index in [4.69, 9.17) is 0 Å². The van der Waals surface area contributed by atoms with E-state index in [1.165, 1.54) is 12.3 Å². The summed E-state index contributed by atoms with van der Waals surface area (Å²) in [5, 5.41) is 22.9. The first kappa shape index (κ1) is 15.2. The van der Waals surface area contributed by atoms with Gasteiger partial charge in [0.15, 0.2) is 0 Å². The van der Waals surface area contributed by atoms with Gasteiger partial charge >= 0.3 is 0 Å². The molecule has 0 spiro atoms. The largest absolute Gasteiger partial charge is 0.395 e. The summed E-state index contributed by atoms with van der Waals surface area (Å²) in [5.41, 5.74) is -0.0661. The highest BCUT2D eigenvalue weighted by atomic mass is 79.9. The summed E-state index contributed by atoms with van der Waals surface area (Å²) in [6.45, 7) is 1.98. The van der Waals surface area contributed by atoms with Crippen LogP contribution < -0.4 is 5.32 Å². The van der Waals surface area contributed by atoms with E-state index >= 15 is 0 Å². The molecular weight excluding hydrogens is 322 g/mol. The minimum Gasteiger partial charge on any atom is -0.395 e. The molecule has 1 aromatic heterocycles. The molecule has 0 unspecified atom stereocenters. The zero-order valence-electron chi connectivity index (χ0n) is 9.96. The number of aromatic nitrogens is 1. The Labute approximate surface area is 117 Å². The summed E-state index contributed by atoms with van der Waals surface area (Å²) in [4.78, 5) is 14.1. The molecule has 0 aromatic carbocycles. The number of hydrogen-bond donors (Lipinski definition) is 2. The zero-order valence-corrected chi connectivity index (χ0v) is 12.4. The third kappa shape index (κ3) is 3.82. The number of hydrogen-bond acceptors (Lipinski definition) is 6. The molecule has 2 atom stereocenters. The van der Waals surface area contributed by atoms with Crippen molar-refractivity contribution in [2.75, 3.05) is 18.2 Å².